The standard InChI is InChI=1S/C20H17ClN4O4/c21-14-6-4-12(5-7-14)19-22-16-8-9-24(11-15(16)20(27)23-19)10-13-2-1-3-17(18(13)26)25(28)29/h1-7,26H,8-11H2,(H,22,23,27). The maximum Gasteiger partial charge on any atom is 0.311 e. The zero-order valence-electron chi connectivity index (χ0n) is 15.3. The molecule has 0 fully saturated rings. The van der Waals surface area contributed by atoms with Gasteiger partial charge in [0.1, 0.15) is 5.82 Å². The molecular weight excluding hydrogens is 396 g/mol. The van der Waals surface area contributed by atoms with Gasteiger partial charge in [0.15, 0.2) is 5.75 Å². The molecule has 29 heavy (non-hydrogen) atoms. The van der Waals surface area contributed by atoms with Crippen LogP contribution >= 0.6 is 11.6 Å². The van der Waals surface area contributed by atoms with Crippen LogP contribution in [0.25, 0.3) is 11.4 Å². The minimum absolute atomic E-state index is 0.215. The van der Waals surface area contributed by atoms with Crippen molar-refractivity contribution < 1.29 is 10.0 Å². The number of benzene rings is 2. The highest BCUT2D eigenvalue weighted by molar-refractivity contribution is 6.30. The number of H-pyrrole nitrogens is 1. The first-order valence-corrected chi connectivity index (χ1v) is 9.36. The Bertz CT molecular complexity index is 1140. The van der Waals surface area contributed by atoms with Crippen molar-refractivity contribution >= 4 is 17.3 Å². The van der Waals surface area contributed by atoms with Crippen molar-refractivity contribution in [3.63, 3.8) is 0 Å². The molecule has 1 aliphatic heterocycles. The fourth-order valence-corrected chi connectivity index (χ4v) is 3.58. The van der Waals surface area contributed by atoms with Crippen molar-refractivity contribution in [2.24, 2.45) is 0 Å². The van der Waals surface area contributed by atoms with Crippen molar-refractivity contribution in [3.05, 3.63) is 84.8 Å². The molecule has 0 aliphatic carbocycles. The lowest BCUT2D eigenvalue weighted by Crippen LogP contribution is -2.35. The van der Waals surface area contributed by atoms with Crippen LogP contribution in [0.1, 0.15) is 16.8 Å². The minimum Gasteiger partial charge on any atom is -0.502 e. The van der Waals surface area contributed by atoms with Gasteiger partial charge in [-0.25, -0.2) is 4.98 Å². The number of hydrogen-bond acceptors (Lipinski definition) is 6. The summed E-state index contributed by atoms with van der Waals surface area (Å²) in [4.78, 5) is 32.4. The van der Waals surface area contributed by atoms with E-state index in [2.05, 4.69) is 9.97 Å². The molecule has 0 saturated carbocycles. The van der Waals surface area contributed by atoms with E-state index in [9.17, 15) is 20.0 Å². The molecule has 2 heterocycles. The van der Waals surface area contributed by atoms with Gasteiger partial charge in [-0.2, -0.15) is 0 Å². The Morgan fingerprint density at radius 2 is 2.00 bits per heavy atom. The van der Waals surface area contributed by atoms with E-state index in [1.165, 1.54) is 12.1 Å². The predicted octanol–water partition coefficient (Wildman–Crippen LogP) is 3.26. The Labute approximate surface area is 170 Å². The Kier molecular flexibility index (Phi) is 5.04. The summed E-state index contributed by atoms with van der Waals surface area (Å²) in [5, 5.41) is 21.8. The number of aromatic hydroxyl groups is 1. The lowest BCUT2D eigenvalue weighted by atomic mass is 10.0. The summed E-state index contributed by atoms with van der Waals surface area (Å²) >= 11 is 5.91. The van der Waals surface area contributed by atoms with Crippen molar-refractivity contribution in [2.75, 3.05) is 6.54 Å². The second-order valence-electron chi connectivity index (χ2n) is 6.85. The molecule has 0 saturated heterocycles. The summed E-state index contributed by atoms with van der Waals surface area (Å²) in [5.41, 5.74) is 1.99. The third-order valence-electron chi connectivity index (χ3n) is 4.95. The van der Waals surface area contributed by atoms with E-state index < -0.39 is 4.92 Å². The Balaban J connectivity index is 1.58. The minimum atomic E-state index is -0.614. The molecule has 8 nitrogen and oxygen atoms in total. The number of hydrogen-bond donors (Lipinski definition) is 2. The summed E-state index contributed by atoms with van der Waals surface area (Å²) < 4.78 is 0. The Morgan fingerprint density at radius 3 is 2.72 bits per heavy atom. The van der Waals surface area contributed by atoms with Crippen molar-refractivity contribution in [1.29, 1.82) is 0 Å². The first kappa shape index (κ1) is 19.1. The number of phenolic OH excluding ortho intramolecular Hbond substituents is 1. The monoisotopic (exact) mass is 412 g/mol. The maximum absolute atomic E-state index is 12.6. The second kappa shape index (κ2) is 7.65. The van der Waals surface area contributed by atoms with Crippen LogP contribution in [0, 0.1) is 10.1 Å². The number of phenols is 1. The van der Waals surface area contributed by atoms with E-state index in [1.807, 2.05) is 4.90 Å². The third-order valence-corrected chi connectivity index (χ3v) is 5.21. The molecule has 1 aromatic heterocycles. The van der Waals surface area contributed by atoms with E-state index in [-0.39, 0.29) is 17.0 Å². The number of rotatable bonds is 4. The number of halogens is 1. The SMILES string of the molecule is O=c1[nH]c(-c2ccc(Cl)cc2)nc2c1CN(Cc1cccc([N+](=O)[O-])c1O)CC2. The van der Waals surface area contributed by atoms with Gasteiger partial charge in [-0.1, -0.05) is 23.7 Å². The number of para-hydroxylation sites is 1. The molecule has 1 aliphatic rings. The lowest BCUT2D eigenvalue weighted by Gasteiger charge is -2.27. The van der Waals surface area contributed by atoms with Gasteiger partial charge in [0.2, 0.25) is 0 Å². The predicted molar refractivity (Wildman–Crippen MR) is 108 cm³/mol. The van der Waals surface area contributed by atoms with Gasteiger partial charge in [-0.3, -0.25) is 19.8 Å². The molecule has 0 bridgehead atoms. The molecule has 9 heteroatoms. The maximum atomic E-state index is 12.6. The highest BCUT2D eigenvalue weighted by atomic mass is 35.5. The quantitative estimate of drug-likeness (QED) is 0.502. The topological polar surface area (TPSA) is 112 Å². The number of nitro groups is 1. The molecule has 2 N–H and O–H groups in total. The molecule has 0 amide bonds. The van der Waals surface area contributed by atoms with Crippen LogP contribution in [-0.4, -0.2) is 31.4 Å². The number of aromatic nitrogens is 2. The number of nitrogens with zero attached hydrogens (tertiary/aromatic N) is 3. The van der Waals surface area contributed by atoms with Crippen LogP contribution in [0.4, 0.5) is 5.69 Å². The van der Waals surface area contributed by atoms with Gasteiger partial charge < -0.3 is 10.1 Å². The molecule has 2 aromatic carbocycles. The zero-order valence-corrected chi connectivity index (χ0v) is 16.0. The fourth-order valence-electron chi connectivity index (χ4n) is 3.45. The number of aromatic amines is 1. The van der Waals surface area contributed by atoms with E-state index in [0.717, 1.165) is 11.3 Å². The normalized spacial score (nSPS) is 13.8. The van der Waals surface area contributed by atoms with E-state index in [1.54, 1.807) is 30.3 Å². The molecular formula is C20H17ClN4O4. The Hall–Kier alpha value is -3.23. The van der Waals surface area contributed by atoms with Crippen LogP contribution in [0.15, 0.2) is 47.3 Å². The number of nitro benzene ring substituents is 1. The summed E-state index contributed by atoms with van der Waals surface area (Å²) in [7, 11) is 0. The molecule has 0 atom stereocenters. The zero-order chi connectivity index (χ0) is 20.5. The number of nitrogens with one attached hydrogen (secondary N) is 1. The summed E-state index contributed by atoms with van der Waals surface area (Å²) in [6.45, 7) is 1.26. The highest BCUT2D eigenvalue weighted by Crippen LogP contribution is 2.31. The van der Waals surface area contributed by atoms with Crippen molar-refractivity contribution in [3.8, 4) is 17.1 Å². The second-order valence-corrected chi connectivity index (χ2v) is 7.29. The Morgan fingerprint density at radius 1 is 1.24 bits per heavy atom. The largest absolute Gasteiger partial charge is 0.502 e. The first-order chi connectivity index (χ1) is 13.9. The van der Waals surface area contributed by atoms with E-state index in [0.29, 0.717) is 48.0 Å². The lowest BCUT2D eigenvalue weighted by molar-refractivity contribution is -0.385. The fraction of sp³-hybridized carbons (Fsp3) is 0.200. The molecule has 0 spiro atoms. The summed E-state index contributed by atoms with van der Waals surface area (Å²) in [6.07, 6.45) is 0.565. The van der Waals surface area contributed by atoms with Gasteiger partial charge in [0, 0.05) is 48.3 Å². The average Bonchev–Trinajstić information content (AvgIpc) is 2.70. The highest BCUT2D eigenvalue weighted by Gasteiger charge is 2.24. The van der Waals surface area contributed by atoms with Crippen molar-refractivity contribution in [2.45, 2.75) is 19.5 Å². The number of fused-ring (bicyclic) bond motifs is 1. The van der Waals surface area contributed by atoms with Gasteiger partial charge in [0.25, 0.3) is 5.56 Å². The van der Waals surface area contributed by atoms with E-state index >= 15 is 0 Å². The van der Waals surface area contributed by atoms with Crippen LogP contribution < -0.4 is 5.56 Å². The van der Waals surface area contributed by atoms with Gasteiger partial charge in [-0.05, 0) is 24.3 Å². The van der Waals surface area contributed by atoms with Gasteiger partial charge >= 0.3 is 5.69 Å². The molecule has 148 valence electrons. The molecule has 3 aromatic rings. The van der Waals surface area contributed by atoms with Crippen LogP contribution in [0.3, 0.4) is 0 Å². The molecule has 0 radical (unpaired) electrons. The first-order valence-electron chi connectivity index (χ1n) is 8.98. The molecule has 4 rings (SSSR count). The van der Waals surface area contributed by atoms with Gasteiger partial charge in [0.05, 0.1) is 16.2 Å². The van der Waals surface area contributed by atoms with E-state index in [4.69, 9.17) is 11.6 Å². The summed E-state index contributed by atoms with van der Waals surface area (Å²) in [5.74, 6) is 0.156. The van der Waals surface area contributed by atoms with Gasteiger partial charge in [-0.15, -0.1) is 0 Å². The third kappa shape index (κ3) is 3.85. The van der Waals surface area contributed by atoms with Crippen LogP contribution in [0.5, 0.6) is 5.75 Å². The average molecular weight is 413 g/mol. The van der Waals surface area contributed by atoms with Crippen molar-refractivity contribution in [1.82, 2.24) is 14.9 Å². The molecule has 0 unspecified atom stereocenters. The smallest absolute Gasteiger partial charge is 0.311 e. The van der Waals surface area contributed by atoms with Crippen LogP contribution in [-0.2, 0) is 19.5 Å². The van der Waals surface area contributed by atoms with Crippen LogP contribution in [0.2, 0.25) is 5.02 Å². The summed E-state index contributed by atoms with van der Waals surface area (Å²) in [6, 6.07) is 11.5.